The molecule has 1 saturated heterocycles. The lowest BCUT2D eigenvalue weighted by atomic mass is 10.0. The number of nitrogens with zero attached hydrogens (tertiary/aromatic N) is 4. The maximum atomic E-state index is 13.2. The maximum absolute atomic E-state index is 13.2. The Kier molecular flexibility index (Phi) is 8.63. The molecule has 3 aromatic carbocycles. The molecule has 228 valence electrons. The van der Waals surface area contributed by atoms with E-state index in [1.54, 1.807) is 13.2 Å². The fraction of sp³-hybridized carbons (Fsp3) is 0.353. The number of amides is 1. The molecule has 0 saturated carbocycles. The molecule has 44 heavy (non-hydrogen) atoms. The van der Waals surface area contributed by atoms with E-state index >= 15 is 0 Å². The van der Waals surface area contributed by atoms with E-state index < -0.39 is 0 Å². The average molecular weight is 611 g/mol. The van der Waals surface area contributed by atoms with Gasteiger partial charge in [0.1, 0.15) is 5.82 Å². The maximum Gasteiger partial charge on any atom is 0.255 e. The van der Waals surface area contributed by atoms with Crippen molar-refractivity contribution in [3.63, 3.8) is 0 Å². The number of benzene rings is 3. The number of nitrogen functional groups attached to an aromatic ring is 1. The van der Waals surface area contributed by atoms with Crippen molar-refractivity contribution >= 4 is 49.9 Å². The van der Waals surface area contributed by atoms with Crippen LogP contribution in [0.3, 0.4) is 0 Å². The van der Waals surface area contributed by atoms with Crippen molar-refractivity contribution in [1.29, 1.82) is 0 Å². The Morgan fingerprint density at radius 1 is 0.955 bits per heavy atom. The van der Waals surface area contributed by atoms with E-state index in [0.717, 1.165) is 40.0 Å². The third kappa shape index (κ3) is 6.32. The van der Waals surface area contributed by atoms with Gasteiger partial charge < -0.3 is 25.4 Å². The number of hydrogen-bond donors (Lipinski definition) is 2. The Balaban J connectivity index is 1.23. The van der Waals surface area contributed by atoms with Gasteiger partial charge in [-0.2, -0.15) is 0 Å². The molecule has 3 heterocycles. The third-order valence-electron chi connectivity index (χ3n) is 8.09. The molecule has 1 amide bonds. The molecule has 0 spiro atoms. The van der Waals surface area contributed by atoms with Gasteiger partial charge in [0.25, 0.3) is 5.91 Å². The van der Waals surface area contributed by atoms with Gasteiger partial charge in [0.05, 0.1) is 29.5 Å². The number of fused-ring (bicyclic) bond motifs is 2. The van der Waals surface area contributed by atoms with Crippen molar-refractivity contribution in [1.82, 2.24) is 19.9 Å². The van der Waals surface area contributed by atoms with E-state index in [1.807, 2.05) is 38.1 Å². The molecular formula is C34H38N6O3S. The van der Waals surface area contributed by atoms with Crippen LogP contribution in [-0.2, 0) is 0 Å². The Bertz CT molecular complexity index is 1820. The summed E-state index contributed by atoms with van der Waals surface area (Å²) in [6.07, 6.45) is 4.83. The summed E-state index contributed by atoms with van der Waals surface area (Å²) >= 11 is 1.42. The summed E-state index contributed by atoms with van der Waals surface area (Å²) < 4.78 is 12.6. The van der Waals surface area contributed by atoms with Gasteiger partial charge in [-0.25, -0.2) is 15.0 Å². The van der Waals surface area contributed by atoms with Crippen LogP contribution >= 0.6 is 11.3 Å². The van der Waals surface area contributed by atoms with E-state index in [1.165, 1.54) is 49.3 Å². The van der Waals surface area contributed by atoms with E-state index in [-0.39, 0.29) is 5.91 Å². The minimum absolute atomic E-state index is 0.166. The number of nitrogens with two attached hydrogens (primary N) is 1. The van der Waals surface area contributed by atoms with E-state index in [4.69, 9.17) is 25.2 Å². The predicted molar refractivity (Wildman–Crippen MR) is 178 cm³/mol. The second-order valence-electron chi connectivity index (χ2n) is 11.5. The minimum Gasteiger partial charge on any atom is -0.493 e. The fourth-order valence-electron chi connectivity index (χ4n) is 5.91. The number of carbonyl (C=O) groups is 1. The molecule has 1 aliphatic heterocycles. The lowest BCUT2D eigenvalue weighted by Gasteiger charge is -2.26. The number of piperidine rings is 1. The van der Waals surface area contributed by atoms with E-state index in [0.29, 0.717) is 51.2 Å². The quantitative estimate of drug-likeness (QED) is 0.173. The Morgan fingerprint density at radius 3 is 2.48 bits per heavy atom. The fourth-order valence-corrected chi connectivity index (χ4v) is 6.84. The predicted octanol–water partition coefficient (Wildman–Crippen LogP) is 6.93. The van der Waals surface area contributed by atoms with Crippen molar-refractivity contribution in [2.45, 2.75) is 46.5 Å². The third-order valence-corrected chi connectivity index (χ3v) is 9.11. The lowest BCUT2D eigenvalue weighted by Crippen LogP contribution is -2.31. The summed E-state index contributed by atoms with van der Waals surface area (Å²) in [5, 5.41) is 4.39. The largest absolute Gasteiger partial charge is 0.493 e. The number of likely N-dealkylation sites (tertiary alicyclic amines) is 1. The summed E-state index contributed by atoms with van der Waals surface area (Å²) in [7, 11) is 1.62. The molecular weight excluding hydrogens is 572 g/mol. The zero-order valence-electron chi connectivity index (χ0n) is 25.7. The molecule has 0 radical (unpaired) electrons. The number of aromatic nitrogens is 3. The monoisotopic (exact) mass is 610 g/mol. The normalized spacial score (nSPS) is 13.8. The number of thiazole rings is 1. The lowest BCUT2D eigenvalue weighted by molar-refractivity contribution is 0.102. The highest BCUT2D eigenvalue weighted by Crippen LogP contribution is 2.36. The van der Waals surface area contributed by atoms with Crippen molar-refractivity contribution in [3.05, 3.63) is 64.7 Å². The van der Waals surface area contributed by atoms with Crippen LogP contribution in [0.4, 0.5) is 11.5 Å². The number of ether oxygens (including phenoxy) is 2. The molecule has 0 bridgehead atoms. The molecule has 10 heteroatoms. The number of nitrogens with one attached hydrogen (secondary N) is 1. The van der Waals surface area contributed by atoms with Crippen LogP contribution in [0.15, 0.2) is 42.5 Å². The number of anilines is 2. The van der Waals surface area contributed by atoms with Gasteiger partial charge in [-0.1, -0.05) is 24.1 Å². The number of carbonyl (C=O) groups excluding carboxylic acids is 1. The molecule has 9 nitrogen and oxygen atoms in total. The van der Waals surface area contributed by atoms with Crippen LogP contribution in [0.1, 0.15) is 52.7 Å². The van der Waals surface area contributed by atoms with Gasteiger partial charge in [0, 0.05) is 29.2 Å². The summed E-state index contributed by atoms with van der Waals surface area (Å²) in [5.74, 6) is 1.82. The SMILES string of the molecule is COc1cc2c(N)nc(-c3nc4ccc(C(=O)Nc5c(C)cc(C)cc5C)cc4s3)nc2cc1OCCCN1CCCCC1. The molecule has 0 atom stereocenters. The highest BCUT2D eigenvalue weighted by molar-refractivity contribution is 7.21. The summed E-state index contributed by atoms with van der Waals surface area (Å²) in [6, 6.07) is 13.3. The zero-order valence-corrected chi connectivity index (χ0v) is 26.5. The summed E-state index contributed by atoms with van der Waals surface area (Å²) in [5.41, 5.74) is 12.5. The molecule has 3 N–H and O–H groups in total. The number of methoxy groups -OCH3 is 1. The number of aryl methyl sites for hydroxylation is 3. The Morgan fingerprint density at radius 2 is 1.73 bits per heavy atom. The van der Waals surface area contributed by atoms with Gasteiger partial charge in [-0.3, -0.25) is 4.79 Å². The molecule has 2 aromatic heterocycles. The molecule has 1 fully saturated rings. The van der Waals surface area contributed by atoms with Crippen LogP contribution < -0.4 is 20.5 Å². The van der Waals surface area contributed by atoms with Crippen molar-refractivity contribution in [2.24, 2.45) is 0 Å². The molecule has 5 aromatic rings. The first-order chi connectivity index (χ1) is 21.3. The van der Waals surface area contributed by atoms with Gasteiger partial charge >= 0.3 is 0 Å². The van der Waals surface area contributed by atoms with Crippen LogP contribution in [0, 0.1) is 20.8 Å². The van der Waals surface area contributed by atoms with Crippen molar-refractivity contribution in [2.75, 3.05) is 44.4 Å². The number of rotatable bonds is 9. The smallest absolute Gasteiger partial charge is 0.255 e. The van der Waals surface area contributed by atoms with Crippen LogP contribution in [0.2, 0.25) is 0 Å². The van der Waals surface area contributed by atoms with Crippen LogP contribution in [-0.4, -0.2) is 59.1 Å². The first-order valence-electron chi connectivity index (χ1n) is 15.1. The topological polar surface area (TPSA) is 115 Å². The van der Waals surface area contributed by atoms with Gasteiger partial charge in [-0.15, -0.1) is 11.3 Å². The van der Waals surface area contributed by atoms with Crippen molar-refractivity contribution in [3.8, 4) is 22.3 Å². The van der Waals surface area contributed by atoms with E-state index in [2.05, 4.69) is 34.3 Å². The first kappa shape index (κ1) is 29.8. The molecule has 1 aliphatic rings. The number of hydrogen-bond acceptors (Lipinski definition) is 9. The Hall–Kier alpha value is -4.28. The van der Waals surface area contributed by atoms with Crippen LogP contribution in [0.25, 0.3) is 32.0 Å². The van der Waals surface area contributed by atoms with Crippen LogP contribution in [0.5, 0.6) is 11.5 Å². The zero-order chi connectivity index (χ0) is 30.8. The minimum atomic E-state index is -0.166. The second kappa shape index (κ2) is 12.8. The average Bonchev–Trinajstić information content (AvgIpc) is 3.45. The van der Waals surface area contributed by atoms with Gasteiger partial charge in [-0.05, 0) is 88.5 Å². The first-order valence-corrected chi connectivity index (χ1v) is 15.9. The molecule has 0 unspecified atom stereocenters. The van der Waals surface area contributed by atoms with Gasteiger partial charge in [0.2, 0.25) is 0 Å². The molecule has 6 rings (SSSR count). The van der Waals surface area contributed by atoms with Crippen molar-refractivity contribution < 1.29 is 14.3 Å². The highest BCUT2D eigenvalue weighted by Gasteiger charge is 2.18. The standard InChI is InChI=1S/C34H38N6O3S/c1-20-15-21(2)30(22(3)16-20)38-33(41)23-9-10-25-29(17-23)44-34(37-25)32-36-26-19-28(27(42-4)18-24(26)31(35)39-32)43-14-8-13-40-11-6-5-7-12-40/h9-10,15-19H,5-8,11-14H2,1-4H3,(H,38,41)(H2,35,36,39). The summed E-state index contributed by atoms with van der Waals surface area (Å²) in [6.45, 7) is 10.0. The van der Waals surface area contributed by atoms with Gasteiger partial charge in [0.15, 0.2) is 22.3 Å². The Labute approximate surface area is 261 Å². The summed E-state index contributed by atoms with van der Waals surface area (Å²) in [4.78, 5) is 29.8. The second-order valence-corrected chi connectivity index (χ2v) is 12.5. The highest BCUT2D eigenvalue weighted by atomic mass is 32.1. The van der Waals surface area contributed by atoms with E-state index in [9.17, 15) is 4.79 Å². The molecule has 0 aliphatic carbocycles.